The predicted molar refractivity (Wildman–Crippen MR) is 55.2 cm³/mol. The molecule has 0 radical (unpaired) electrons. The summed E-state index contributed by atoms with van der Waals surface area (Å²) in [5.41, 5.74) is 5.45. The molecule has 0 saturated carbocycles. The van der Waals surface area contributed by atoms with Crippen molar-refractivity contribution in [3.63, 3.8) is 0 Å². The second-order valence-electron chi connectivity index (χ2n) is 3.91. The first-order chi connectivity index (χ1) is 7.47. The van der Waals surface area contributed by atoms with Crippen molar-refractivity contribution in [1.82, 2.24) is 0 Å². The molecule has 1 aliphatic carbocycles. The highest BCUT2D eigenvalue weighted by molar-refractivity contribution is 5.92. The van der Waals surface area contributed by atoms with Crippen LogP contribution in [0.25, 0.3) is 0 Å². The number of aliphatic carboxylic acids is 1. The van der Waals surface area contributed by atoms with Crippen molar-refractivity contribution in [1.29, 1.82) is 0 Å². The third-order valence-electron chi connectivity index (χ3n) is 3.04. The lowest BCUT2D eigenvalue weighted by Gasteiger charge is -2.19. The number of aromatic carboxylic acids is 1. The fourth-order valence-corrected chi connectivity index (χ4v) is 2.15. The predicted octanol–water partition coefficient (Wildman–Crippen LogP) is 0.570. The summed E-state index contributed by atoms with van der Waals surface area (Å²) < 4.78 is 0. The minimum absolute atomic E-state index is 0.145. The van der Waals surface area contributed by atoms with Crippen molar-refractivity contribution in [2.45, 2.75) is 18.4 Å². The highest BCUT2D eigenvalue weighted by Gasteiger charge is 2.43. The summed E-state index contributed by atoms with van der Waals surface area (Å²) in [7, 11) is 0. The molecule has 4 N–H and O–H groups in total. The Morgan fingerprint density at radius 2 is 2.00 bits per heavy atom. The standard InChI is InChI=1S/C11H11NO4/c12-11(10(15)16)5-4-6-7(9(13)14)2-1-3-8(6)11/h1-3H,4-5,12H2,(H,13,14)(H,15,16)/t11-/m0/s1. The summed E-state index contributed by atoms with van der Waals surface area (Å²) in [6, 6.07) is 4.58. The molecule has 0 aliphatic heterocycles. The van der Waals surface area contributed by atoms with Gasteiger partial charge in [0.1, 0.15) is 5.54 Å². The van der Waals surface area contributed by atoms with Gasteiger partial charge in [-0.2, -0.15) is 0 Å². The number of rotatable bonds is 2. The maximum Gasteiger partial charge on any atom is 0.335 e. The van der Waals surface area contributed by atoms with Crippen molar-refractivity contribution >= 4 is 11.9 Å². The zero-order chi connectivity index (χ0) is 11.9. The number of carboxylic acid groups (broad SMARTS) is 2. The van der Waals surface area contributed by atoms with Crippen LogP contribution >= 0.6 is 0 Å². The van der Waals surface area contributed by atoms with Crippen molar-refractivity contribution in [2.75, 3.05) is 0 Å². The molecule has 2 rings (SSSR count). The van der Waals surface area contributed by atoms with E-state index in [9.17, 15) is 9.59 Å². The highest BCUT2D eigenvalue weighted by Crippen LogP contribution is 2.36. The van der Waals surface area contributed by atoms with Gasteiger partial charge in [-0.3, -0.25) is 0 Å². The van der Waals surface area contributed by atoms with Gasteiger partial charge in [-0.25, -0.2) is 9.59 Å². The lowest BCUT2D eigenvalue weighted by molar-refractivity contribution is -0.143. The van der Waals surface area contributed by atoms with E-state index in [2.05, 4.69) is 0 Å². The van der Waals surface area contributed by atoms with E-state index >= 15 is 0 Å². The number of fused-ring (bicyclic) bond motifs is 1. The summed E-state index contributed by atoms with van der Waals surface area (Å²) >= 11 is 0. The van der Waals surface area contributed by atoms with Crippen molar-refractivity contribution in [3.05, 3.63) is 34.9 Å². The Balaban J connectivity index is 2.62. The van der Waals surface area contributed by atoms with Crippen LogP contribution in [0, 0.1) is 0 Å². The lowest BCUT2D eigenvalue weighted by Crippen LogP contribution is -2.42. The quantitative estimate of drug-likeness (QED) is 0.677. The summed E-state index contributed by atoms with van der Waals surface area (Å²) in [6.07, 6.45) is 0.628. The average Bonchev–Trinajstić information content (AvgIpc) is 2.58. The van der Waals surface area contributed by atoms with Crippen LogP contribution in [0.4, 0.5) is 0 Å². The fraction of sp³-hybridized carbons (Fsp3) is 0.273. The molecular formula is C11H11NO4. The Kier molecular flexibility index (Phi) is 2.20. The summed E-state index contributed by atoms with van der Waals surface area (Å²) in [4.78, 5) is 22.0. The second-order valence-corrected chi connectivity index (χ2v) is 3.91. The van der Waals surface area contributed by atoms with E-state index in [0.717, 1.165) is 0 Å². The van der Waals surface area contributed by atoms with Crippen molar-refractivity contribution < 1.29 is 19.8 Å². The van der Waals surface area contributed by atoms with Crippen LogP contribution in [0.5, 0.6) is 0 Å². The van der Waals surface area contributed by atoms with Crippen LogP contribution < -0.4 is 5.73 Å². The number of carbonyl (C=O) groups is 2. The molecule has 1 aromatic rings. The first kappa shape index (κ1) is 10.6. The number of benzene rings is 1. The molecule has 0 heterocycles. The molecule has 0 amide bonds. The first-order valence-corrected chi connectivity index (χ1v) is 4.85. The molecule has 84 valence electrons. The number of carboxylic acids is 2. The Hall–Kier alpha value is -1.88. The van der Waals surface area contributed by atoms with E-state index in [0.29, 0.717) is 17.5 Å². The second kappa shape index (κ2) is 3.31. The van der Waals surface area contributed by atoms with Gasteiger partial charge in [0.2, 0.25) is 0 Å². The number of nitrogens with two attached hydrogens (primary N) is 1. The first-order valence-electron chi connectivity index (χ1n) is 4.85. The van der Waals surface area contributed by atoms with Crippen LogP contribution in [0.2, 0.25) is 0 Å². The summed E-state index contributed by atoms with van der Waals surface area (Å²) in [6.45, 7) is 0. The normalized spacial score (nSPS) is 22.8. The largest absolute Gasteiger partial charge is 0.480 e. The van der Waals surface area contributed by atoms with Gasteiger partial charge in [-0.05, 0) is 30.0 Å². The van der Waals surface area contributed by atoms with E-state index in [-0.39, 0.29) is 12.0 Å². The maximum absolute atomic E-state index is 11.1. The molecule has 0 aromatic heterocycles. The van der Waals surface area contributed by atoms with Crippen molar-refractivity contribution in [2.24, 2.45) is 5.73 Å². The molecule has 1 atom stereocenters. The van der Waals surface area contributed by atoms with Gasteiger partial charge in [0.25, 0.3) is 0 Å². The van der Waals surface area contributed by atoms with E-state index in [1.807, 2.05) is 0 Å². The smallest absolute Gasteiger partial charge is 0.335 e. The molecule has 16 heavy (non-hydrogen) atoms. The van der Waals surface area contributed by atoms with Crippen LogP contribution in [0.3, 0.4) is 0 Å². The van der Waals surface area contributed by atoms with Gasteiger partial charge in [-0.1, -0.05) is 12.1 Å². The molecule has 0 spiro atoms. The summed E-state index contributed by atoms with van der Waals surface area (Å²) in [5, 5.41) is 18.0. The van der Waals surface area contributed by atoms with Crippen LogP contribution in [0.1, 0.15) is 27.9 Å². The molecular weight excluding hydrogens is 210 g/mol. The molecule has 1 aromatic carbocycles. The fourth-order valence-electron chi connectivity index (χ4n) is 2.15. The van der Waals surface area contributed by atoms with E-state index in [1.54, 1.807) is 6.07 Å². The molecule has 0 fully saturated rings. The van der Waals surface area contributed by atoms with Gasteiger partial charge in [0, 0.05) is 0 Å². The minimum atomic E-state index is -1.44. The van der Waals surface area contributed by atoms with Crippen LogP contribution in [-0.2, 0) is 16.8 Å². The minimum Gasteiger partial charge on any atom is -0.480 e. The Labute approximate surface area is 91.5 Å². The van der Waals surface area contributed by atoms with E-state index < -0.39 is 17.5 Å². The molecule has 5 heteroatoms. The van der Waals surface area contributed by atoms with Crippen LogP contribution in [-0.4, -0.2) is 22.2 Å². The lowest BCUT2D eigenvalue weighted by atomic mass is 9.92. The van der Waals surface area contributed by atoms with E-state index in [1.165, 1.54) is 12.1 Å². The zero-order valence-corrected chi connectivity index (χ0v) is 8.43. The van der Waals surface area contributed by atoms with Crippen molar-refractivity contribution in [3.8, 4) is 0 Å². The third-order valence-corrected chi connectivity index (χ3v) is 3.04. The van der Waals surface area contributed by atoms with Crippen LogP contribution in [0.15, 0.2) is 18.2 Å². The molecule has 0 saturated heterocycles. The van der Waals surface area contributed by atoms with Gasteiger partial charge >= 0.3 is 11.9 Å². The molecule has 5 nitrogen and oxygen atoms in total. The molecule has 0 unspecified atom stereocenters. The van der Waals surface area contributed by atoms with Gasteiger partial charge < -0.3 is 15.9 Å². The monoisotopic (exact) mass is 221 g/mol. The Morgan fingerprint density at radius 3 is 2.56 bits per heavy atom. The topological polar surface area (TPSA) is 101 Å². The van der Waals surface area contributed by atoms with Gasteiger partial charge in [-0.15, -0.1) is 0 Å². The molecule has 1 aliphatic rings. The van der Waals surface area contributed by atoms with Gasteiger partial charge in [0.15, 0.2) is 0 Å². The maximum atomic E-state index is 11.1. The zero-order valence-electron chi connectivity index (χ0n) is 8.43. The Morgan fingerprint density at radius 1 is 1.31 bits per heavy atom. The molecule has 0 bridgehead atoms. The highest BCUT2D eigenvalue weighted by atomic mass is 16.4. The SMILES string of the molecule is N[C@@]1(C(=O)O)CCc2c(C(=O)O)cccc21. The number of hydrogen-bond acceptors (Lipinski definition) is 3. The average molecular weight is 221 g/mol. The van der Waals surface area contributed by atoms with Gasteiger partial charge in [0.05, 0.1) is 5.56 Å². The number of hydrogen-bond donors (Lipinski definition) is 3. The third kappa shape index (κ3) is 1.29. The van der Waals surface area contributed by atoms with E-state index in [4.69, 9.17) is 15.9 Å². The summed E-state index contributed by atoms with van der Waals surface area (Å²) in [5.74, 6) is -2.17. The Bertz CT molecular complexity index is 483.